The van der Waals surface area contributed by atoms with Crippen molar-refractivity contribution in [3.63, 3.8) is 0 Å². The standard InChI is InChI=1S/C14H16N4O3/c1-9(19)18-4-2-10(3-5-18)21-14(20)12-6-15-8-13-11(12)7-16-17-13/h6-8,10H,2-5H2,1H3,(H,16,17). The molecular formula is C14H16N4O3. The van der Waals surface area contributed by atoms with Crippen LogP contribution in [0.1, 0.15) is 30.1 Å². The van der Waals surface area contributed by atoms with Crippen LogP contribution in [-0.4, -0.2) is 51.2 Å². The minimum Gasteiger partial charge on any atom is -0.459 e. The van der Waals surface area contributed by atoms with E-state index in [9.17, 15) is 9.59 Å². The SMILES string of the molecule is CC(=O)N1CCC(OC(=O)c2cncc3[nH]ncc23)CC1. The highest BCUT2D eigenvalue weighted by atomic mass is 16.5. The Hall–Kier alpha value is -2.44. The molecule has 1 aliphatic heterocycles. The number of pyridine rings is 1. The van der Waals surface area contributed by atoms with Crippen LogP contribution in [0.4, 0.5) is 0 Å². The number of amides is 1. The number of carbonyl (C=O) groups is 2. The van der Waals surface area contributed by atoms with Gasteiger partial charge in [0.2, 0.25) is 5.91 Å². The quantitative estimate of drug-likeness (QED) is 0.837. The molecule has 2 aromatic rings. The van der Waals surface area contributed by atoms with Gasteiger partial charge in [0.05, 0.1) is 23.5 Å². The smallest absolute Gasteiger partial charge is 0.340 e. The molecule has 0 unspecified atom stereocenters. The third kappa shape index (κ3) is 2.72. The zero-order valence-corrected chi connectivity index (χ0v) is 11.7. The van der Waals surface area contributed by atoms with Crippen molar-refractivity contribution in [1.29, 1.82) is 0 Å². The molecule has 7 nitrogen and oxygen atoms in total. The molecule has 21 heavy (non-hydrogen) atoms. The topological polar surface area (TPSA) is 88.2 Å². The number of piperidine rings is 1. The molecule has 0 aliphatic carbocycles. The van der Waals surface area contributed by atoms with Gasteiger partial charge in [-0.3, -0.25) is 14.9 Å². The van der Waals surface area contributed by atoms with Crippen LogP contribution in [0, 0.1) is 0 Å². The maximum absolute atomic E-state index is 12.3. The van der Waals surface area contributed by atoms with Crippen molar-refractivity contribution in [3.8, 4) is 0 Å². The minimum absolute atomic E-state index is 0.0622. The molecule has 0 aromatic carbocycles. The van der Waals surface area contributed by atoms with E-state index in [1.807, 2.05) is 0 Å². The molecule has 0 atom stereocenters. The van der Waals surface area contributed by atoms with Crippen LogP contribution in [0.15, 0.2) is 18.6 Å². The normalized spacial score (nSPS) is 16.1. The van der Waals surface area contributed by atoms with Crippen molar-refractivity contribution in [2.24, 2.45) is 0 Å². The highest BCUT2D eigenvalue weighted by molar-refractivity contribution is 6.02. The van der Waals surface area contributed by atoms with Gasteiger partial charge in [-0.05, 0) is 0 Å². The molecule has 0 radical (unpaired) electrons. The summed E-state index contributed by atoms with van der Waals surface area (Å²) in [6.07, 6.45) is 5.87. The van der Waals surface area contributed by atoms with Crippen molar-refractivity contribution in [3.05, 3.63) is 24.2 Å². The average molecular weight is 288 g/mol. The number of hydrogen-bond donors (Lipinski definition) is 1. The van der Waals surface area contributed by atoms with Crippen LogP contribution in [-0.2, 0) is 9.53 Å². The molecule has 7 heteroatoms. The number of esters is 1. The van der Waals surface area contributed by atoms with Gasteiger partial charge in [0.15, 0.2) is 0 Å². The molecule has 0 saturated carbocycles. The van der Waals surface area contributed by atoms with E-state index in [2.05, 4.69) is 15.2 Å². The summed E-state index contributed by atoms with van der Waals surface area (Å²) in [5.74, 6) is -0.331. The predicted octanol–water partition coefficient (Wildman–Crippen LogP) is 1.13. The lowest BCUT2D eigenvalue weighted by molar-refractivity contribution is -0.130. The molecular weight excluding hydrogens is 272 g/mol. The monoisotopic (exact) mass is 288 g/mol. The largest absolute Gasteiger partial charge is 0.459 e. The number of fused-ring (bicyclic) bond motifs is 1. The third-order valence-corrected chi connectivity index (χ3v) is 3.75. The maximum Gasteiger partial charge on any atom is 0.340 e. The van der Waals surface area contributed by atoms with Crippen molar-refractivity contribution < 1.29 is 14.3 Å². The maximum atomic E-state index is 12.3. The highest BCUT2D eigenvalue weighted by Gasteiger charge is 2.24. The molecule has 1 aliphatic rings. The van der Waals surface area contributed by atoms with Gasteiger partial charge >= 0.3 is 5.97 Å². The number of carbonyl (C=O) groups excluding carboxylic acids is 2. The third-order valence-electron chi connectivity index (χ3n) is 3.75. The summed E-state index contributed by atoms with van der Waals surface area (Å²) in [5.41, 5.74) is 1.12. The van der Waals surface area contributed by atoms with Crippen molar-refractivity contribution in [1.82, 2.24) is 20.1 Å². The zero-order valence-electron chi connectivity index (χ0n) is 11.7. The summed E-state index contributed by atoms with van der Waals surface area (Å²) < 4.78 is 5.52. The molecule has 3 heterocycles. The van der Waals surface area contributed by atoms with E-state index in [1.165, 1.54) is 6.20 Å². The van der Waals surface area contributed by atoms with Crippen LogP contribution in [0.25, 0.3) is 10.9 Å². The number of rotatable bonds is 2. The van der Waals surface area contributed by atoms with Gasteiger partial charge in [-0.25, -0.2) is 4.79 Å². The lowest BCUT2D eigenvalue weighted by atomic mass is 10.1. The van der Waals surface area contributed by atoms with E-state index in [-0.39, 0.29) is 12.0 Å². The zero-order chi connectivity index (χ0) is 14.8. The van der Waals surface area contributed by atoms with Gasteiger partial charge < -0.3 is 9.64 Å². The molecule has 1 saturated heterocycles. The average Bonchev–Trinajstić information content (AvgIpc) is 2.96. The van der Waals surface area contributed by atoms with Crippen LogP contribution in [0.3, 0.4) is 0 Å². The number of aromatic amines is 1. The number of nitrogens with zero attached hydrogens (tertiary/aromatic N) is 3. The number of H-pyrrole nitrogens is 1. The second-order valence-corrected chi connectivity index (χ2v) is 5.13. The fourth-order valence-corrected chi connectivity index (χ4v) is 2.53. The number of hydrogen-bond acceptors (Lipinski definition) is 5. The van der Waals surface area contributed by atoms with E-state index < -0.39 is 5.97 Å². The van der Waals surface area contributed by atoms with Gasteiger partial charge in [0, 0.05) is 44.4 Å². The number of likely N-dealkylation sites (tertiary alicyclic amines) is 1. The van der Waals surface area contributed by atoms with E-state index in [0.717, 1.165) is 0 Å². The molecule has 0 spiro atoms. The first-order valence-corrected chi connectivity index (χ1v) is 6.88. The van der Waals surface area contributed by atoms with Crippen molar-refractivity contribution >= 4 is 22.8 Å². The predicted molar refractivity (Wildman–Crippen MR) is 74.6 cm³/mol. The molecule has 1 amide bonds. The van der Waals surface area contributed by atoms with Crippen LogP contribution in [0.5, 0.6) is 0 Å². The summed E-state index contributed by atoms with van der Waals surface area (Å²) in [6.45, 7) is 2.81. The Morgan fingerprint density at radius 2 is 2.05 bits per heavy atom. The highest BCUT2D eigenvalue weighted by Crippen LogP contribution is 2.19. The second-order valence-electron chi connectivity index (χ2n) is 5.13. The molecule has 110 valence electrons. The summed E-state index contributed by atoms with van der Waals surface area (Å²) in [5, 5.41) is 7.38. The Kier molecular flexibility index (Phi) is 3.55. The first-order chi connectivity index (χ1) is 10.1. The van der Waals surface area contributed by atoms with Gasteiger partial charge in [-0.15, -0.1) is 0 Å². The summed E-state index contributed by atoms with van der Waals surface area (Å²) in [6, 6.07) is 0. The van der Waals surface area contributed by atoms with Gasteiger partial charge in [0.1, 0.15) is 6.10 Å². The Balaban J connectivity index is 1.67. The molecule has 0 bridgehead atoms. The number of aromatic nitrogens is 3. The molecule has 3 rings (SSSR count). The fraction of sp³-hybridized carbons (Fsp3) is 0.429. The molecule has 2 aromatic heterocycles. The summed E-state index contributed by atoms with van der Waals surface area (Å²) in [4.78, 5) is 29.3. The van der Waals surface area contributed by atoms with E-state index in [4.69, 9.17) is 4.74 Å². The van der Waals surface area contributed by atoms with Crippen LogP contribution < -0.4 is 0 Å². The van der Waals surface area contributed by atoms with Gasteiger partial charge in [-0.1, -0.05) is 0 Å². The molecule has 1 N–H and O–H groups in total. The summed E-state index contributed by atoms with van der Waals surface area (Å²) >= 11 is 0. The second kappa shape index (κ2) is 5.51. The Morgan fingerprint density at radius 3 is 2.76 bits per heavy atom. The van der Waals surface area contributed by atoms with Crippen molar-refractivity contribution in [2.45, 2.75) is 25.9 Å². The summed E-state index contributed by atoms with van der Waals surface area (Å²) in [7, 11) is 0. The van der Waals surface area contributed by atoms with Crippen molar-refractivity contribution in [2.75, 3.05) is 13.1 Å². The Bertz CT molecular complexity index is 674. The fourth-order valence-electron chi connectivity index (χ4n) is 2.53. The van der Waals surface area contributed by atoms with Crippen LogP contribution >= 0.6 is 0 Å². The van der Waals surface area contributed by atoms with Gasteiger partial charge in [-0.2, -0.15) is 5.10 Å². The number of ether oxygens (including phenoxy) is 1. The van der Waals surface area contributed by atoms with Gasteiger partial charge in [0.25, 0.3) is 0 Å². The minimum atomic E-state index is -0.393. The molecule has 1 fully saturated rings. The first kappa shape index (κ1) is 13.5. The number of nitrogens with one attached hydrogen (secondary N) is 1. The van der Waals surface area contributed by atoms with E-state index >= 15 is 0 Å². The van der Waals surface area contributed by atoms with Crippen LogP contribution in [0.2, 0.25) is 0 Å². The Labute approximate surface area is 121 Å². The Morgan fingerprint density at radius 1 is 1.29 bits per heavy atom. The first-order valence-electron chi connectivity index (χ1n) is 6.88. The van der Waals surface area contributed by atoms with E-state index in [1.54, 1.807) is 24.2 Å². The lowest BCUT2D eigenvalue weighted by Crippen LogP contribution is -2.40. The lowest BCUT2D eigenvalue weighted by Gasteiger charge is -2.30. The van der Waals surface area contributed by atoms with E-state index in [0.29, 0.717) is 42.4 Å².